The van der Waals surface area contributed by atoms with Gasteiger partial charge in [0.1, 0.15) is 12.2 Å². The van der Waals surface area contributed by atoms with E-state index in [1.807, 2.05) is 13.8 Å². The summed E-state index contributed by atoms with van der Waals surface area (Å²) in [5, 5.41) is 45.7. The number of phenolic OH excluding ortho intramolecular Hbond substituents is 4. The average Bonchev–Trinajstić information content (AvgIpc) is 2.93. The first-order valence-electron chi connectivity index (χ1n) is 13.0. The van der Waals surface area contributed by atoms with Gasteiger partial charge in [-0.1, -0.05) is 12.1 Å². The van der Waals surface area contributed by atoms with Gasteiger partial charge in [0.2, 0.25) is 0 Å². The normalized spacial score (nSPS) is 14.2. The van der Waals surface area contributed by atoms with Gasteiger partial charge in [0.25, 0.3) is 0 Å². The molecule has 0 saturated carbocycles. The van der Waals surface area contributed by atoms with Crippen LogP contribution in [-0.4, -0.2) is 85.0 Å². The minimum atomic E-state index is -1.27. The quantitative estimate of drug-likeness (QED) is 0.0999. The second-order valence-corrected chi connectivity index (χ2v) is 9.47. The van der Waals surface area contributed by atoms with Crippen molar-refractivity contribution >= 4 is 11.9 Å². The summed E-state index contributed by atoms with van der Waals surface area (Å²) in [4.78, 5) is 25.8. The molecule has 0 heterocycles. The molecule has 0 aromatic heterocycles. The third-order valence-corrected chi connectivity index (χ3v) is 6.22. The van der Waals surface area contributed by atoms with E-state index in [1.54, 1.807) is 14.2 Å². The Morgan fingerprint density at radius 3 is 1.38 bits per heavy atom. The number of carbonyl (C=O) groups excluding carboxylic acids is 2. The summed E-state index contributed by atoms with van der Waals surface area (Å²) in [5.74, 6) is -4.05. The Kier molecular flexibility index (Phi) is 13.5. The lowest BCUT2D eigenvalue weighted by Gasteiger charge is -2.23. The van der Waals surface area contributed by atoms with Crippen LogP contribution in [0.3, 0.4) is 0 Å². The van der Waals surface area contributed by atoms with Crippen molar-refractivity contribution in [2.24, 2.45) is 0 Å². The van der Waals surface area contributed by atoms with Gasteiger partial charge >= 0.3 is 11.9 Å². The van der Waals surface area contributed by atoms with Crippen LogP contribution < -0.4 is 10.6 Å². The van der Waals surface area contributed by atoms with E-state index in [0.717, 1.165) is 0 Å². The first-order valence-corrected chi connectivity index (χ1v) is 13.0. The van der Waals surface area contributed by atoms with Gasteiger partial charge in [-0.3, -0.25) is 0 Å². The highest BCUT2D eigenvalue weighted by atomic mass is 16.6. The number of nitrogens with one attached hydrogen (secondary N) is 2. The van der Waals surface area contributed by atoms with E-state index in [4.69, 9.17) is 18.9 Å². The van der Waals surface area contributed by atoms with Crippen LogP contribution in [0.25, 0.3) is 0 Å². The van der Waals surface area contributed by atoms with E-state index < -0.39 is 35.6 Å². The fourth-order valence-electron chi connectivity index (χ4n) is 3.70. The van der Waals surface area contributed by atoms with Gasteiger partial charge in [0.15, 0.2) is 23.0 Å². The molecule has 0 spiro atoms. The SMILES string of the molecule is COCCC(C)NC[C@H](OC(=O)C(=O)O[C@@H](CNC(C)CCOC)c1ccc(O)c(O)c1)c1ccc(O)c(O)c1. The molecule has 0 bridgehead atoms. The highest BCUT2D eigenvalue weighted by Gasteiger charge is 2.28. The monoisotopic (exact) mass is 564 g/mol. The van der Waals surface area contributed by atoms with E-state index in [2.05, 4.69) is 10.6 Å². The molecule has 40 heavy (non-hydrogen) atoms. The molecule has 2 unspecified atom stereocenters. The summed E-state index contributed by atoms with van der Waals surface area (Å²) < 4.78 is 21.1. The lowest BCUT2D eigenvalue weighted by atomic mass is 10.1. The maximum Gasteiger partial charge on any atom is 0.418 e. The molecule has 12 nitrogen and oxygen atoms in total. The Morgan fingerprint density at radius 2 is 1.05 bits per heavy atom. The van der Waals surface area contributed by atoms with Crippen LogP contribution in [0.2, 0.25) is 0 Å². The number of methoxy groups -OCH3 is 2. The van der Waals surface area contributed by atoms with E-state index in [0.29, 0.717) is 37.2 Å². The van der Waals surface area contributed by atoms with Crippen molar-refractivity contribution in [1.29, 1.82) is 0 Å². The number of ether oxygens (including phenoxy) is 4. The van der Waals surface area contributed by atoms with Crippen molar-refractivity contribution < 1.29 is 49.0 Å². The van der Waals surface area contributed by atoms with Crippen molar-refractivity contribution in [2.45, 2.75) is 51.0 Å². The van der Waals surface area contributed by atoms with E-state index in [9.17, 15) is 30.0 Å². The molecule has 0 aliphatic carbocycles. The lowest BCUT2D eigenvalue weighted by Crippen LogP contribution is -2.36. The maximum absolute atomic E-state index is 12.9. The second kappa shape index (κ2) is 16.5. The Balaban J connectivity index is 2.18. The van der Waals surface area contributed by atoms with E-state index in [-0.39, 0.29) is 36.7 Å². The summed E-state index contributed by atoms with van der Waals surface area (Å²) in [5.41, 5.74) is 0.688. The molecule has 0 aliphatic heterocycles. The number of hydrogen-bond acceptors (Lipinski definition) is 12. The molecule has 0 aliphatic rings. The molecule has 2 aromatic rings. The van der Waals surface area contributed by atoms with Gasteiger partial charge in [0.05, 0.1) is 0 Å². The Morgan fingerprint density at radius 1 is 0.675 bits per heavy atom. The standard InChI is InChI=1S/C28H40N2O10/c1-17(9-11-37-3)29-15-25(19-5-7-21(31)23(33)13-19)39-27(35)28(36)40-26(16-30-18(2)10-12-38-4)20-6-8-22(32)24(34)14-20/h5-8,13-14,17-18,25-26,29-34H,9-12,15-16H2,1-4H3/t17?,18?,25-,26-/m0/s1. The first-order chi connectivity index (χ1) is 19.0. The molecule has 0 radical (unpaired) electrons. The zero-order chi connectivity index (χ0) is 29.7. The zero-order valence-electron chi connectivity index (χ0n) is 23.3. The number of hydrogen-bond donors (Lipinski definition) is 6. The maximum atomic E-state index is 12.9. The Labute approximate surface area is 233 Å². The van der Waals surface area contributed by atoms with Crippen molar-refractivity contribution in [1.82, 2.24) is 10.6 Å². The molecule has 6 N–H and O–H groups in total. The Hall–Kier alpha value is -3.58. The molecular formula is C28H40N2O10. The summed E-state index contributed by atoms with van der Waals surface area (Å²) in [6.07, 6.45) is -0.645. The number of esters is 2. The molecule has 222 valence electrons. The molecular weight excluding hydrogens is 524 g/mol. The van der Waals surface area contributed by atoms with Crippen molar-refractivity contribution in [3.8, 4) is 23.0 Å². The van der Waals surface area contributed by atoms with Crippen molar-refractivity contribution in [3.63, 3.8) is 0 Å². The third kappa shape index (κ3) is 10.5. The summed E-state index contributed by atoms with van der Waals surface area (Å²) in [7, 11) is 3.18. The zero-order valence-corrected chi connectivity index (χ0v) is 23.3. The predicted octanol–water partition coefficient (Wildman–Crippen LogP) is 2.41. The summed E-state index contributed by atoms with van der Waals surface area (Å²) in [6, 6.07) is 7.89. The van der Waals surface area contributed by atoms with Crippen LogP contribution in [0.4, 0.5) is 0 Å². The molecule has 12 heteroatoms. The van der Waals surface area contributed by atoms with Gasteiger partial charge in [0, 0.05) is 52.6 Å². The van der Waals surface area contributed by atoms with Crippen LogP contribution in [0, 0.1) is 0 Å². The topological polar surface area (TPSA) is 176 Å². The smallest absolute Gasteiger partial charge is 0.418 e. The summed E-state index contributed by atoms with van der Waals surface area (Å²) in [6.45, 7) is 5.05. The number of aromatic hydroxyl groups is 4. The minimum Gasteiger partial charge on any atom is -0.504 e. The summed E-state index contributed by atoms with van der Waals surface area (Å²) >= 11 is 0. The van der Waals surface area contributed by atoms with E-state index in [1.165, 1.54) is 36.4 Å². The number of benzene rings is 2. The lowest BCUT2D eigenvalue weighted by molar-refractivity contribution is -0.174. The van der Waals surface area contributed by atoms with Crippen LogP contribution in [0.15, 0.2) is 36.4 Å². The minimum absolute atomic E-state index is 0.0171. The molecule has 0 amide bonds. The average molecular weight is 565 g/mol. The first kappa shape index (κ1) is 32.6. The van der Waals surface area contributed by atoms with Crippen molar-refractivity contribution in [3.05, 3.63) is 47.5 Å². The van der Waals surface area contributed by atoms with Gasteiger partial charge in [-0.15, -0.1) is 0 Å². The van der Waals surface area contributed by atoms with Crippen molar-refractivity contribution in [2.75, 3.05) is 40.5 Å². The molecule has 0 fully saturated rings. The molecule has 2 aromatic carbocycles. The third-order valence-electron chi connectivity index (χ3n) is 6.22. The molecule has 0 saturated heterocycles. The van der Waals surface area contributed by atoms with E-state index >= 15 is 0 Å². The highest BCUT2D eigenvalue weighted by molar-refractivity contribution is 6.29. The van der Waals surface area contributed by atoms with Gasteiger partial charge in [-0.05, 0) is 62.1 Å². The number of carbonyl (C=O) groups is 2. The Bertz CT molecular complexity index is 1010. The largest absolute Gasteiger partial charge is 0.504 e. The highest BCUT2D eigenvalue weighted by Crippen LogP contribution is 2.31. The number of phenols is 4. The molecule has 4 atom stereocenters. The van der Waals surface area contributed by atoms with Gasteiger partial charge < -0.3 is 50.0 Å². The van der Waals surface area contributed by atoms with Crippen LogP contribution >= 0.6 is 0 Å². The molecule has 2 rings (SSSR count). The van der Waals surface area contributed by atoms with Crippen LogP contribution in [0.5, 0.6) is 23.0 Å². The second-order valence-electron chi connectivity index (χ2n) is 9.47. The fraction of sp³-hybridized carbons (Fsp3) is 0.500. The van der Waals surface area contributed by atoms with Crippen LogP contribution in [0.1, 0.15) is 50.0 Å². The van der Waals surface area contributed by atoms with Crippen LogP contribution in [-0.2, 0) is 28.5 Å². The number of rotatable bonds is 16. The van der Waals surface area contributed by atoms with Gasteiger partial charge in [-0.2, -0.15) is 0 Å². The predicted molar refractivity (Wildman–Crippen MR) is 145 cm³/mol. The van der Waals surface area contributed by atoms with Gasteiger partial charge in [-0.25, -0.2) is 9.59 Å². The fourth-order valence-corrected chi connectivity index (χ4v) is 3.70.